The normalized spacial score (nSPS) is 17.0. The van der Waals surface area contributed by atoms with E-state index in [0.717, 1.165) is 4.90 Å². The summed E-state index contributed by atoms with van der Waals surface area (Å²) in [6.45, 7) is 4.61. The molecule has 5 nitrogen and oxygen atoms in total. The van der Waals surface area contributed by atoms with Crippen molar-refractivity contribution in [1.82, 2.24) is 4.90 Å². The maximum absolute atomic E-state index is 13.6. The quantitative estimate of drug-likeness (QED) is 0.626. The Balaban J connectivity index is 2.14. The number of benzene rings is 1. The first-order valence-electron chi connectivity index (χ1n) is 6.89. The first-order valence-corrected chi connectivity index (χ1v) is 7.71. The third kappa shape index (κ3) is 4.41. The minimum absolute atomic E-state index is 0.0728. The van der Waals surface area contributed by atoms with Crippen molar-refractivity contribution in [2.75, 3.05) is 6.54 Å². The molecule has 1 aromatic rings. The molecular formula is C16H16FNO4S. The van der Waals surface area contributed by atoms with E-state index in [0.29, 0.717) is 11.8 Å². The van der Waals surface area contributed by atoms with Gasteiger partial charge in [-0.2, -0.15) is 0 Å². The fraction of sp³-hybridized carbons (Fsp3) is 0.312. The number of hydrogen-bond acceptors (Lipinski definition) is 5. The minimum Gasteiger partial charge on any atom is -0.459 e. The van der Waals surface area contributed by atoms with Crippen LogP contribution in [-0.2, 0) is 14.3 Å². The van der Waals surface area contributed by atoms with Crippen LogP contribution in [0.25, 0.3) is 6.08 Å². The zero-order valence-electron chi connectivity index (χ0n) is 13.0. The second kappa shape index (κ2) is 6.54. The number of ether oxygens (including phenoxy) is 1. The second-order valence-corrected chi connectivity index (χ2v) is 6.87. The number of rotatable bonds is 3. The Morgan fingerprint density at radius 1 is 1.30 bits per heavy atom. The maximum atomic E-state index is 13.6. The molecule has 1 saturated heterocycles. The topological polar surface area (TPSA) is 63.7 Å². The SMILES string of the molecule is CC(C)(C)OC(=O)CN1C(=O)SC(=Cc2ccccc2F)C1=O. The van der Waals surface area contributed by atoms with Crippen LogP contribution in [-0.4, -0.2) is 34.2 Å². The second-order valence-electron chi connectivity index (χ2n) is 5.88. The van der Waals surface area contributed by atoms with Crippen molar-refractivity contribution in [1.29, 1.82) is 0 Å². The van der Waals surface area contributed by atoms with E-state index in [1.165, 1.54) is 24.3 Å². The largest absolute Gasteiger partial charge is 0.459 e. The number of halogens is 1. The van der Waals surface area contributed by atoms with Gasteiger partial charge >= 0.3 is 5.97 Å². The molecule has 0 bridgehead atoms. The molecule has 0 spiro atoms. The van der Waals surface area contributed by atoms with Gasteiger partial charge in [0.2, 0.25) is 0 Å². The lowest BCUT2D eigenvalue weighted by Gasteiger charge is -2.21. The molecule has 0 unspecified atom stereocenters. The molecule has 0 aromatic heterocycles. The van der Waals surface area contributed by atoms with Gasteiger partial charge in [0.05, 0.1) is 4.91 Å². The number of hydrogen-bond donors (Lipinski definition) is 0. The van der Waals surface area contributed by atoms with Crippen LogP contribution < -0.4 is 0 Å². The van der Waals surface area contributed by atoms with E-state index in [-0.39, 0.29) is 10.5 Å². The Hall–Kier alpha value is -2.15. The van der Waals surface area contributed by atoms with Crippen LogP contribution in [0.3, 0.4) is 0 Å². The number of imide groups is 1. The molecule has 2 amide bonds. The lowest BCUT2D eigenvalue weighted by Crippen LogP contribution is -2.37. The maximum Gasteiger partial charge on any atom is 0.326 e. The molecule has 7 heteroatoms. The number of carbonyl (C=O) groups excluding carboxylic acids is 3. The van der Waals surface area contributed by atoms with Crippen molar-refractivity contribution in [3.8, 4) is 0 Å². The molecule has 2 rings (SSSR count). The molecule has 0 atom stereocenters. The molecule has 1 fully saturated rings. The van der Waals surface area contributed by atoms with Crippen molar-refractivity contribution in [2.24, 2.45) is 0 Å². The molecule has 0 radical (unpaired) electrons. The van der Waals surface area contributed by atoms with Gasteiger partial charge in [0.25, 0.3) is 11.1 Å². The average molecular weight is 337 g/mol. The monoisotopic (exact) mass is 337 g/mol. The van der Waals surface area contributed by atoms with Crippen LogP contribution in [0.4, 0.5) is 9.18 Å². The van der Waals surface area contributed by atoms with Crippen molar-refractivity contribution in [3.63, 3.8) is 0 Å². The molecule has 0 N–H and O–H groups in total. The van der Waals surface area contributed by atoms with Gasteiger partial charge in [0.1, 0.15) is 18.0 Å². The molecule has 1 heterocycles. The summed E-state index contributed by atoms with van der Waals surface area (Å²) in [5, 5.41) is -0.580. The van der Waals surface area contributed by atoms with E-state index in [1.54, 1.807) is 26.8 Å². The smallest absolute Gasteiger partial charge is 0.326 e. The molecule has 0 aliphatic carbocycles. The highest BCUT2D eigenvalue weighted by Gasteiger charge is 2.37. The zero-order chi connectivity index (χ0) is 17.2. The number of esters is 1. The predicted molar refractivity (Wildman–Crippen MR) is 84.9 cm³/mol. The predicted octanol–water partition coefficient (Wildman–Crippen LogP) is 3.20. The van der Waals surface area contributed by atoms with Gasteiger partial charge in [-0.3, -0.25) is 19.3 Å². The third-order valence-electron chi connectivity index (χ3n) is 2.77. The van der Waals surface area contributed by atoms with E-state index < -0.39 is 35.1 Å². The Labute approximate surface area is 137 Å². The van der Waals surface area contributed by atoms with Gasteiger partial charge < -0.3 is 4.74 Å². The lowest BCUT2D eigenvalue weighted by molar-refractivity contribution is -0.156. The fourth-order valence-corrected chi connectivity index (χ4v) is 2.70. The molecule has 1 aliphatic rings. The summed E-state index contributed by atoms with van der Waals surface area (Å²) in [7, 11) is 0. The van der Waals surface area contributed by atoms with Gasteiger partial charge in [-0.1, -0.05) is 18.2 Å². The van der Waals surface area contributed by atoms with E-state index in [9.17, 15) is 18.8 Å². The molecule has 1 aliphatic heterocycles. The van der Waals surface area contributed by atoms with E-state index >= 15 is 0 Å². The van der Waals surface area contributed by atoms with Crippen LogP contribution in [0, 0.1) is 5.82 Å². The van der Waals surface area contributed by atoms with Gasteiger partial charge in [-0.15, -0.1) is 0 Å². The van der Waals surface area contributed by atoms with E-state index in [4.69, 9.17) is 4.74 Å². The Bertz CT molecular complexity index is 694. The van der Waals surface area contributed by atoms with Crippen molar-refractivity contribution >= 4 is 35.0 Å². The summed E-state index contributed by atoms with van der Waals surface area (Å²) in [6, 6.07) is 5.91. The first kappa shape index (κ1) is 17.2. The molecule has 122 valence electrons. The highest BCUT2D eigenvalue weighted by molar-refractivity contribution is 8.18. The summed E-state index contributed by atoms with van der Waals surface area (Å²) < 4.78 is 18.7. The van der Waals surface area contributed by atoms with Gasteiger partial charge in [0.15, 0.2) is 0 Å². The standard InChI is InChI=1S/C16H16FNO4S/c1-16(2,3)22-13(19)9-18-14(20)12(23-15(18)21)8-10-6-4-5-7-11(10)17/h4-8H,9H2,1-3H3. The average Bonchev–Trinajstić information content (AvgIpc) is 2.67. The zero-order valence-corrected chi connectivity index (χ0v) is 13.8. The van der Waals surface area contributed by atoms with Crippen LogP contribution in [0.5, 0.6) is 0 Å². The van der Waals surface area contributed by atoms with E-state index in [2.05, 4.69) is 0 Å². The summed E-state index contributed by atoms with van der Waals surface area (Å²) in [6.07, 6.45) is 1.30. The lowest BCUT2D eigenvalue weighted by atomic mass is 10.2. The Morgan fingerprint density at radius 2 is 1.96 bits per heavy atom. The fourth-order valence-electron chi connectivity index (χ4n) is 1.87. The number of amides is 2. The molecule has 0 saturated carbocycles. The number of thioether (sulfide) groups is 1. The van der Waals surface area contributed by atoms with Crippen LogP contribution >= 0.6 is 11.8 Å². The van der Waals surface area contributed by atoms with Crippen LogP contribution in [0.2, 0.25) is 0 Å². The highest BCUT2D eigenvalue weighted by Crippen LogP contribution is 2.32. The van der Waals surface area contributed by atoms with Gasteiger partial charge in [0, 0.05) is 5.56 Å². The molecular weight excluding hydrogens is 321 g/mol. The van der Waals surface area contributed by atoms with E-state index in [1.807, 2.05) is 0 Å². The van der Waals surface area contributed by atoms with Crippen molar-refractivity contribution < 1.29 is 23.5 Å². The van der Waals surface area contributed by atoms with Gasteiger partial charge in [-0.05, 0) is 44.7 Å². The summed E-state index contributed by atoms with van der Waals surface area (Å²) in [5.41, 5.74) is -0.503. The third-order valence-corrected chi connectivity index (χ3v) is 3.68. The Kier molecular flexibility index (Phi) is 4.89. The number of nitrogens with zero attached hydrogens (tertiary/aromatic N) is 1. The summed E-state index contributed by atoms with van der Waals surface area (Å²) in [4.78, 5) is 36.8. The molecule has 1 aromatic carbocycles. The highest BCUT2D eigenvalue weighted by atomic mass is 32.2. The minimum atomic E-state index is -0.706. The number of carbonyl (C=O) groups is 3. The van der Waals surface area contributed by atoms with Gasteiger partial charge in [-0.25, -0.2) is 4.39 Å². The summed E-state index contributed by atoms with van der Waals surface area (Å²) >= 11 is 0.669. The van der Waals surface area contributed by atoms with Crippen LogP contribution in [0.1, 0.15) is 26.3 Å². The van der Waals surface area contributed by atoms with Crippen molar-refractivity contribution in [3.05, 3.63) is 40.6 Å². The Morgan fingerprint density at radius 3 is 2.57 bits per heavy atom. The van der Waals surface area contributed by atoms with Crippen LogP contribution in [0.15, 0.2) is 29.2 Å². The summed E-state index contributed by atoms with van der Waals surface area (Å²) in [5.74, 6) is -1.80. The first-order chi connectivity index (χ1) is 10.7. The van der Waals surface area contributed by atoms with Crippen molar-refractivity contribution in [2.45, 2.75) is 26.4 Å². The molecule has 23 heavy (non-hydrogen) atoms.